The number of nitrogens with one attached hydrogen (secondary N) is 1. The lowest BCUT2D eigenvalue weighted by Gasteiger charge is -2.01. The highest BCUT2D eigenvalue weighted by Gasteiger charge is 2.13. The number of anilines is 1. The Morgan fingerprint density at radius 1 is 1.67 bits per heavy atom. The van der Waals surface area contributed by atoms with Crippen LogP contribution in [0.25, 0.3) is 0 Å². The zero-order valence-corrected chi connectivity index (χ0v) is 9.14. The number of rotatable bonds is 5. The van der Waals surface area contributed by atoms with Crippen molar-refractivity contribution in [2.45, 2.75) is 0 Å². The van der Waals surface area contributed by atoms with E-state index in [0.717, 1.165) is 11.3 Å². The molecular weight excluding hydrogens is 242 g/mol. The van der Waals surface area contributed by atoms with Gasteiger partial charge in [0, 0.05) is 5.38 Å². The number of aliphatic hydroxyl groups is 1. The number of amides is 1. The molecule has 4 N–H and O–H groups in total. The highest BCUT2D eigenvalue weighted by Crippen LogP contribution is 2.16. The second kappa shape index (κ2) is 4.55. The third kappa shape index (κ3) is 3.46. The van der Waals surface area contributed by atoms with Crippen molar-refractivity contribution in [3.8, 4) is 0 Å². The summed E-state index contributed by atoms with van der Waals surface area (Å²) in [6, 6.07) is 0. The van der Waals surface area contributed by atoms with Crippen molar-refractivity contribution in [2.24, 2.45) is 5.73 Å². The number of primary amides is 1. The Balaban J connectivity index is 2.77. The maximum atomic E-state index is 11.2. The predicted octanol–water partition coefficient (Wildman–Crippen LogP) is -1.02. The van der Waals surface area contributed by atoms with Gasteiger partial charge in [0.25, 0.3) is 5.91 Å². The molecule has 9 heteroatoms. The van der Waals surface area contributed by atoms with Crippen LogP contribution in [0.4, 0.5) is 5.13 Å². The summed E-state index contributed by atoms with van der Waals surface area (Å²) >= 11 is 0.947. The normalized spacial score (nSPS) is 11.3. The third-order valence-corrected chi connectivity index (χ3v) is 3.47. The molecule has 0 aliphatic heterocycles. The van der Waals surface area contributed by atoms with E-state index in [2.05, 4.69) is 9.71 Å². The second-order valence-electron chi connectivity index (χ2n) is 2.55. The first-order chi connectivity index (χ1) is 6.94. The molecule has 0 spiro atoms. The molecule has 0 atom stereocenters. The Morgan fingerprint density at radius 3 is 2.80 bits per heavy atom. The van der Waals surface area contributed by atoms with Crippen LogP contribution in [0.15, 0.2) is 5.38 Å². The molecule has 0 aliphatic rings. The highest BCUT2D eigenvalue weighted by atomic mass is 32.2. The fraction of sp³-hybridized carbons (Fsp3) is 0.333. The molecule has 0 bridgehead atoms. The maximum absolute atomic E-state index is 11.2. The van der Waals surface area contributed by atoms with Gasteiger partial charge in [0.15, 0.2) is 5.13 Å². The number of nitrogens with two attached hydrogens (primary N) is 1. The quantitative estimate of drug-likeness (QED) is 0.618. The minimum absolute atomic E-state index is 0.00157. The lowest BCUT2D eigenvalue weighted by atomic mass is 10.5. The van der Waals surface area contributed by atoms with Crippen LogP contribution < -0.4 is 10.5 Å². The summed E-state index contributed by atoms with van der Waals surface area (Å²) in [5.41, 5.74) is 4.94. The van der Waals surface area contributed by atoms with E-state index in [0.29, 0.717) is 0 Å². The number of hydrogen-bond donors (Lipinski definition) is 3. The molecule has 84 valence electrons. The van der Waals surface area contributed by atoms with Gasteiger partial charge in [0.05, 0.1) is 12.4 Å². The lowest BCUT2D eigenvalue weighted by molar-refractivity contribution is 0.0996. The molecule has 0 fully saturated rings. The van der Waals surface area contributed by atoms with Gasteiger partial charge >= 0.3 is 0 Å². The van der Waals surface area contributed by atoms with Crippen LogP contribution in [-0.4, -0.2) is 36.8 Å². The summed E-state index contributed by atoms with van der Waals surface area (Å²) in [4.78, 5) is 14.3. The van der Waals surface area contributed by atoms with Crippen LogP contribution in [0.3, 0.4) is 0 Å². The molecule has 0 saturated heterocycles. The van der Waals surface area contributed by atoms with E-state index in [4.69, 9.17) is 10.8 Å². The zero-order valence-electron chi connectivity index (χ0n) is 7.50. The molecule has 1 aromatic rings. The fourth-order valence-corrected chi connectivity index (χ4v) is 2.51. The molecule has 7 nitrogen and oxygen atoms in total. The molecule has 0 unspecified atom stereocenters. The van der Waals surface area contributed by atoms with Gasteiger partial charge in [-0.25, -0.2) is 13.4 Å². The summed E-state index contributed by atoms with van der Waals surface area (Å²) in [6.45, 7) is -0.483. The van der Waals surface area contributed by atoms with Crippen LogP contribution in [0.5, 0.6) is 0 Å². The zero-order chi connectivity index (χ0) is 11.5. The van der Waals surface area contributed by atoms with Gasteiger partial charge in [-0.05, 0) is 0 Å². The van der Waals surface area contributed by atoms with E-state index in [9.17, 15) is 13.2 Å². The Kier molecular flexibility index (Phi) is 3.61. The largest absolute Gasteiger partial charge is 0.395 e. The SMILES string of the molecule is NC(=O)c1csc(NS(=O)(=O)CCO)n1. The maximum Gasteiger partial charge on any atom is 0.268 e. The number of sulfonamides is 1. The van der Waals surface area contributed by atoms with E-state index >= 15 is 0 Å². The summed E-state index contributed by atoms with van der Waals surface area (Å²) in [6.07, 6.45) is 0. The minimum atomic E-state index is -3.60. The Labute approximate surface area is 90.0 Å². The van der Waals surface area contributed by atoms with Crippen LogP contribution in [0.2, 0.25) is 0 Å². The van der Waals surface area contributed by atoms with E-state index in [-0.39, 0.29) is 10.8 Å². The van der Waals surface area contributed by atoms with E-state index in [1.807, 2.05) is 0 Å². The first-order valence-corrected chi connectivity index (χ1v) is 6.34. The standard InChI is InChI=1S/C6H9N3O4S2/c7-5(11)4-3-14-6(8-4)9-15(12,13)2-1-10/h3,10H,1-2H2,(H2,7,11)(H,8,9). The summed E-state index contributed by atoms with van der Waals surface area (Å²) in [5, 5.41) is 9.86. The third-order valence-electron chi connectivity index (χ3n) is 1.36. The van der Waals surface area contributed by atoms with Gasteiger partial charge in [-0.3, -0.25) is 9.52 Å². The smallest absolute Gasteiger partial charge is 0.268 e. The second-order valence-corrected chi connectivity index (χ2v) is 5.25. The Bertz CT molecular complexity index is 453. The van der Waals surface area contributed by atoms with Crippen molar-refractivity contribution in [3.05, 3.63) is 11.1 Å². The summed E-state index contributed by atoms with van der Waals surface area (Å²) in [5.74, 6) is -1.14. The number of aliphatic hydroxyl groups excluding tert-OH is 1. The number of carbonyl (C=O) groups is 1. The predicted molar refractivity (Wildman–Crippen MR) is 55.1 cm³/mol. The first kappa shape index (κ1) is 11.9. The van der Waals surface area contributed by atoms with E-state index in [1.54, 1.807) is 0 Å². The van der Waals surface area contributed by atoms with Crippen molar-refractivity contribution in [1.82, 2.24) is 4.98 Å². The van der Waals surface area contributed by atoms with Crippen LogP contribution in [0.1, 0.15) is 10.5 Å². The minimum Gasteiger partial charge on any atom is -0.395 e. The van der Waals surface area contributed by atoms with Crippen LogP contribution in [0, 0.1) is 0 Å². The fourth-order valence-electron chi connectivity index (χ4n) is 0.738. The van der Waals surface area contributed by atoms with Crippen LogP contribution >= 0.6 is 11.3 Å². The monoisotopic (exact) mass is 251 g/mol. The number of nitrogens with zero attached hydrogens (tertiary/aromatic N) is 1. The number of aromatic nitrogens is 1. The molecule has 0 radical (unpaired) electrons. The van der Waals surface area contributed by atoms with Gasteiger partial charge in [-0.2, -0.15) is 0 Å². The Morgan fingerprint density at radius 2 is 2.33 bits per heavy atom. The number of carbonyl (C=O) groups excluding carboxylic acids is 1. The van der Waals surface area contributed by atoms with Gasteiger partial charge in [-0.15, -0.1) is 11.3 Å². The van der Waals surface area contributed by atoms with Crippen molar-refractivity contribution in [1.29, 1.82) is 0 Å². The molecule has 15 heavy (non-hydrogen) atoms. The van der Waals surface area contributed by atoms with Gasteiger partial charge in [0.1, 0.15) is 5.69 Å². The van der Waals surface area contributed by atoms with Crippen molar-refractivity contribution in [3.63, 3.8) is 0 Å². The topological polar surface area (TPSA) is 122 Å². The van der Waals surface area contributed by atoms with Gasteiger partial charge in [-0.1, -0.05) is 0 Å². The molecule has 1 amide bonds. The highest BCUT2D eigenvalue weighted by molar-refractivity contribution is 7.92. The first-order valence-electron chi connectivity index (χ1n) is 3.81. The average molecular weight is 251 g/mol. The van der Waals surface area contributed by atoms with Crippen molar-refractivity contribution in [2.75, 3.05) is 17.1 Å². The average Bonchev–Trinajstić information content (AvgIpc) is 2.51. The summed E-state index contributed by atoms with van der Waals surface area (Å²) < 4.78 is 24.4. The molecule has 1 rings (SSSR count). The van der Waals surface area contributed by atoms with Crippen molar-refractivity contribution < 1.29 is 18.3 Å². The van der Waals surface area contributed by atoms with E-state index in [1.165, 1.54) is 5.38 Å². The van der Waals surface area contributed by atoms with E-state index < -0.39 is 28.3 Å². The molecular formula is C6H9N3O4S2. The lowest BCUT2D eigenvalue weighted by Crippen LogP contribution is -2.19. The molecule has 1 aromatic heterocycles. The summed E-state index contributed by atoms with van der Waals surface area (Å²) in [7, 11) is -3.60. The number of thiazole rings is 1. The van der Waals surface area contributed by atoms with Gasteiger partial charge < -0.3 is 10.8 Å². The van der Waals surface area contributed by atoms with Crippen LogP contribution in [-0.2, 0) is 10.0 Å². The molecule has 0 aromatic carbocycles. The Hall–Kier alpha value is -1.19. The van der Waals surface area contributed by atoms with Crippen molar-refractivity contribution >= 4 is 32.4 Å². The molecule has 0 aliphatic carbocycles. The molecule has 0 saturated carbocycles. The van der Waals surface area contributed by atoms with Gasteiger partial charge in [0.2, 0.25) is 10.0 Å². The molecule has 1 heterocycles. The number of hydrogen-bond acceptors (Lipinski definition) is 6.